The highest BCUT2D eigenvalue weighted by Gasteiger charge is 2.40. The summed E-state index contributed by atoms with van der Waals surface area (Å²) in [5, 5.41) is 3.49. The number of anilines is 2. The molecule has 19 heavy (non-hydrogen) atoms. The first kappa shape index (κ1) is 12.3. The van der Waals surface area contributed by atoms with E-state index in [2.05, 4.69) is 23.3 Å². The third-order valence-corrected chi connectivity index (χ3v) is 4.49. The maximum Gasteiger partial charge on any atom is 0.340 e. The molecule has 4 nitrogen and oxygen atoms in total. The van der Waals surface area contributed by atoms with Gasteiger partial charge in [0, 0.05) is 25.6 Å². The van der Waals surface area contributed by atoms with Crippen LogP contribution in [0.5, 0.6) is 0 Å². The standard InChI is InChI=1S/C15H20N2O2/c1-17-10-15(7-4-8-15)9-16-13-11(14(18)19-2)5-3-6-12(13)17/h3,5-6,16H,4,7-10H2,1-2H3. The third kappa shape index (κ3) is 1.95. The summed E-state index contributed by atoms with van der Waals surface area (Å²) in [4.78, 5) is 14.1. The summed E-state index contributed by atoms with van der Waals surface area (Å²) < 4.78 is 4.87. The smallest absolute Gasteiger partial charge is 0.340 e. The lowest BCUT2D eigenvalue weighted by molar-refractivity contribution is 0.0601. The van der Waals surface area contributed by atoms with Crippen LogP contribution in [0.25, 0.3) is 0 Å². The molecule has 102 valence electrons. The molecule has 4 heteroatoms. The van der Waals surface area contributed by atoms with Crippen LogP contribution in [0, 0.1) is 5.41 Å². The second kappa shape index (κ2) is 4.44. The van der Waals surface area contributed by atoms with Crippen LogP contribution in [0.1, 0.15) is 29.6 Å². The number of hydrogen-bond acceptors (Lipinski definition) is 4. The van der Waals surface area contributed by atoms with Gasteiger partial charge in [0.1, 0.15) is 0 Å². The maximum absolute atomic E-state index is 11.9. The van der Waals surface area contributed by atoms with Gasteiger partial charge in [-0.25, -0.2) is 4.79 Å². The summed E-state index contributed by atoms with van der Waals surface area (Å²) >= 11 is 0. The number of nitrogens with zero attached hydrogens (tertiary/aromatic N) is 1. The van der Waals surface area contributed by atoms with Crippen molar-refractivity contribution in [3.8, 4) is 0 Å². The molecule has 0 radical (unpaired) electrons. The number of benzene rings is 1. The average molecular weight is 260 g/mol. The van der Waals surface area contributed by atoms with Crippen molar-refractivity contribution in [2.24, 2.45) is 5.41 Å². The van der Waals surface area contributed by atoms with E-state index in [-0.39, 0.29) is 5.97 Å². The van der Waals surface area contributed by atoms with E-state index in [1.807, 2.05) is 12.1 Å². The van der Waals surface area contributed by atoms with Crippen LogP contribution >= 0.6 is 0 Å². The maximum atomic E-state index is 11.9. The second-order valence-electron chi connectivity index (χ2n) is 5.75. The normalized spacial score (nSPS) is 20.0. The molecule has 0 atom stereocenters. The van der Waals surface area contributed by atoms with Crippen LogP contribution in [0.4, 0.5) is 11.4 Å². The van der Waals surface area contributed by atoms with E-state index >= 15 is 0 Å². The minimum absolute atomic E-state index is 0.276. The third-order valence-electron chi connectivity index (χ3n) is 4.49. The number of hydrogen-bond donors (Lipinski definition) is 1. The van der Waals surface area contributed by atoms with Gasteiger partial charge in [-0.1, -0.05) is 12.5 Å². The van der Waals surface area contributed by atoms with Gasteiger partial charge in [0.2, 0.25) is 0 Å². The minimum atomic E-state index is -0.276. The molecule has 3 rings (SSSR count). The SMILES string of the molecule is COC(=O)c1cccc2c1NCC1(CCC1)CN2C. The largest absolute Gasteiger partial charge is 0.465 e. The minimum Gasteiger partial charge on any atom is -0.465 e. The predicted molar refractivity (Wildman–Crippen MR) is 75.8 cm³/mol. The second-order valence-corrected chi connectivity index (χ2v) is 5.75. The Bertz CT molecular complexity index is 509. The fourth-order valence-electron chi connectivity index (χ4n) is 3.26. The van der Waals surface area contributed by atoms with Crippen molar-refractivity contribution in [3.63, 3.8) is 0 Å². The molecule has 0 aromatic heterocycles. The van der Waals surface area contributed by atoms with Crippen LogP contribution in [-0.4, -0.2) is 33.2 Å². The Hall–Kier alpha value is -1.71. The van der Waals surface area contributed by atoms with Crippen LogP contribution in [0.2, 0.25) is 0 Å². The summed E-state index contributed by atoms with van der Waals surface area (Å²) in [6, 6.07) is 5.80. The van der Waals surface area contributed by atoms with Crippen LogP contribution in [0.15, 0.2) is 18.2 Å². The number of carbonyl (C=O) groups excluding carboxylic acids is 1. The van der Waals surface area contributed by atoms with E-state index in [1.165, 1.54) is 26.4 Å². The molecule has 1 aromatic carbocycles. The van der Waals surface area contributed by atoms with Gasteiger partial charge >= 0.3 is 5.97 Å². The zero-order chi connectivity index (χ0) is 13.5. The quantitative estimate of drug-likeness (QED) is 0.788. The van der Waals surface area contributed by atoms with E-state index in [0.29, 0.717) is 11.0 Å². The summed E-state index contributed by atoms with van der Waals surface area (Å²) in [7, 11) is 3.53. The molecular formula is C15H20N2O2. The van der Waals surface area contributed by atoms with E-state index in [0.717, 1.165) is 24.5 Å². The number of carbonyl (C=O) groups is 1. The number of fused-ring (bicyclic) bond motifs is 1. The van der Waals surface area contributed by atoms with E-state index in [1.54, 1.807) is 0 Å². The van der Waals surface area contributed by atoms with E-state index in [9.17, 15) is 4.79 Å². The molecule has 0 saturated heterocycles. The lowest BCUT2D eigenvalue weighted by atomic mass is 9.68. The molecule has 2 aliphatic rings. The Morgan fingerprint density at radius 1 is 1.42 bits per heavy atom. The Kier molecular flexibility index (Phi) is 2.88. The van der Waals surface area contributed by atoms with Crippen molar-refractivity contribution in [1.29, 1.82) is 0 Å². The zero-order valence-electron chi connectivity index (χ0n) is 11.5. The molecule has 0 unspecified atom stereocenters. The Morgan fingerprint density at radius 2 is 2.21 bits per heavy atom. The molecule has 0 bridgehead atoms. The van der Waals surface area contributed by atoms with Gasteiger partial charge in [0.15, 0.2) is 0 Å². The van der Waals surface area contributed by atoms with Gasteiger partial charge in [-0.2, -0.15) is 0 Å². The van der Waals surface area contributed by atoms with Crippen molar-refractivity contribution in [2.45, 2.75) is 19.3 Å². The molecule has 1 aromatic rings. The van der Waals surface area contributed by atoms with Crippen LogP contribution in [0.3, 0.4) is 0 Å². The fraction of sp³-hybridized carbons (Fsp3) is 0.533. The highest BCUT2D eigenvalue weighted by atomic mass is 16.5. The average Bonchev–Trinajstić information content (AvgIpc) is 2.55. The molecule has 1 aliphatic carbocycles. The number of ether oxygens (including phenoxy) is 1. The topological polar surface area (TPSA) is 41.6 Å². The van der Waals surface area contributed by atoms with Gasteiger partial charge in [-0.05, 0) is 25.0 Å². The molecule has 1 fully saturated rings. The first-order valence-electron chi connectivity index (χ1n) is 6.82. The highest BCUT2D eigenvalue weighted by Crippen LogP contribution is 2.45. The van der Waals surface area contributed by atoms with Crippen molar-refractivity contribution < 1.29 is 9.53 Å². The van der Waals surface area contributed by atoms with Crippen molar-refractivity contribution in [1.82, 2.24) is 0 Å². The Morgan fingerprint density at radius 3 is 2.84 bits per heavy atom. The fourth-order valence-corrected chi connectivity index (χ4v) is 3.26. The monoisotopic (exact) mass is 260 g/mol. The molecule has 0 amide bonds. The lowest BCUT2D eigenvalue weighted by Gasteiger charge is -2.43. The van der Waals surface area contributed by atoms with Crippen LogP contribution in [-0.2, 0) is 4.74 Å². The molecule has 1 aliphatic heterocycles. The molecule has 1 heterocycles. The summed E-state index contributed by atoms with van der Waals surface area (Å²) in [5.74, 6) is -0.276. The Labute approximate surface area is 113 Å². The van der Waals surface area contributed by atoms with E-state index < -0.39 is 0 Å². The highest BCUT2D eigenvalue weighted by molar-refractivity contribution is 5.99. The van der Waals surface area contributed by atoms with Crippen molar-refractivity contribution in [2.75, 3.05) is 37.5 Å². The van der Waals surface area contributed by atoms with Gasteiger partial charge in [-0.15, -0.1) is 0 Å². The Balaban J connectivity index is 2.00. The number of rotatable bonds is 1. The van der Waals surface area contributed by atoms with Gasteiger partial charge < -0.3 is 15.0 Å². The molecule has 1 saturated carbocycles. The number of nitrogens with one attached hydrogen (secondary N) is 1. The van der Waals surface area contributed by atoms with E-state index in [4.69, 9.17) is 4.74 Å². The zero-order valence-corrected chi connectivity index (χ0v) is 11.5. The van der Waals surface area contributed by atoms with Gasteiger partial charge in [-0.3, -0.25) is 0 Å². The summed E-state index contributed by atoms with van der Waals surface area (Å²) in [6.45, 7) is 2.00. The predicted octanol–water partition coefficient (Wildman–Crippen LogP) is 2.51. The van der Waals surface area contributed by atoms with Crippen LogP contribution < -0.4 is 10.2 Å². The number of esters is 1. The molecule has 1 spiro atoms. The number of para-hydroxylation sites is 1. The lowest BCUT2D eigenvalue weighted by Crippen LogP contribution is -2.43. The first-order valence-corrected chi connectivity index (χ1v) is 6.82. The number of methoxy groups -OCH3 is 1. The summed E-state index contributed by atoms with van der Waals surface area (Å²) in [5.41, 5.74) is 3.01. The summed E-state index contributed by atoms with van der Waals surface area (Å²) in [6.07, 6.45) is 3.85. The van der Waals surface area contributed by atoms with Gasteiger partial charge in [0.25, 0.3) is 0 Å². The molecule has 1 N–H and O–H groups in total. The van der Waals surface area contributed by atoms with Gasteiger partial charge in [0.05, 0.1) is 24.0 Å². The van der Waals surface area contributed by atoms with Crippen molar-refractivity contribution in [3.05, 3.63) is 23.8 Å². The molecular weight excluding hydrogens is 240 g/mol. The van der Waals surface area contributed by atoms with Crippen molar-refractivity contribution >= 4 is 17.3 Å². The first-order chi connectivity index (χ1) is 9.15.